The largest absolute Gasteiger partial charge is 0.486 e. The number of likely N-dealkylation sites (tertiary alicyclic amines) is 1. The molecule has 1 aromatic carbocycles. The number of furan rings is 1. The van der Waals surface area contributed by atoms with Crippen LogP contribution in [0.3, 0.4) is 0 Å². The van der Waals surface area contributed by atoms with Crippen molar-refractivity contribution < 1.29 is 23.5 Å². The molecule has 0 aliphatic carbocycles. The van der Waals surface area contributed by atoms with Crippen molar-refractivity contribution in [2.45, 2.75) is 19.4 Å². The maximum atomic E-state index is 13.7. The van der Waals surface area contributed by atoms with Crippen molar-refractivity contribution in [2.24, 2.45) is 5.92 Å². The zero-order chi connectivity index (χ0) is 21.9. The molecule has 32 heavy (non-hydrogen) atoms. The van der Waals surface area contributed by atoms with Crippen LogP contribution in [0.25, 0.3) is 0 Å². The van der Waals surface area contributed by atoms with Crippen molar-refractivity contribution in [3.05, 3.63) is 64.7 Å². The van der Waals surface area contributed by atoms with Crippen LogP contribution in [0.1, 0.15) is 28.1 Å². The van der Waals surface area contributed by atoms with Crippen LogP contribution in [0.5, 0.6) is 11.5 Å². The number of fused-ring (bicyclic) bond motifs is 1. The summed E-state index contributed by atoms with van der Waals surface area (Å²) in [7, 11) is 0. The number of carbonyl (C=O) groups is 2. The molecule has 5 rings (SSSR count). The minimum Gasteiger partial charge on any atom is -0.486 e. The molecule has 1 fully saturated rings. The molecule has 0 radical (unpaired) electrons. The zero-order valence-corrected chi connectivity index (χ0v) is 18.4. The Bertz CT molecular complexity index is 1080. The molecule has 2 aliphatic rings. The van der Waals surface area contributed by atoms with Gasteiger partial charge in [0, 0.05) is 29.7 Å². The summed E-state index contributed by atoms with van der Waals surface area (Å²) in [5, 5.41) is 2.01. The third-order valence-electron chi connectivity index (χ3n) is 5.82. The van der Waals surface area contributed by atoms with Gasteiger partial charge >= 0.3 is 0 Å². The van der Waals surface area contributed by atoms with Gasteiger partial charge in [-0.25, -0.2) is 0 Å². The summed E-state index contributed by atoms with van der Waals surface area (Å²) in [5.74, 6) is 0.990. The van der Waals surface area contributed by atoms with E-state index in [4.69, 9.17) is 13.9 Å². The summed E-state index contributed by atoms with van der Waals surface area (Å²) < 4.78 is 16.4. The predicted molar refractivity (Wildman–Crippen MR) is 120 cm³/mol. The monoisotopic (exact) mass is 452 g/mol. The van der Waals surface area contributed by atoms with E-state index in [1.54, 1.807) is 27.2 Å². The number of ether oxygens (including phenoxy) is 2. The van der Waals surface area contributed by atoms with E-state index < -0.39 is 0 Å². The molecular formula is C24H24N2O5S. The second-order valence-electron chi connectivity index (χ2n) is 7.93. The molecular weight excluding hydrogens is 428 g/mol. The number of hydrogen-bond acceptors (Lipinski definition) is 6. The summed E-state index contributed by atoms with van der Waals surface area (Å²) in [5.41, 5.74) is 1.28. The molecule has 0 N–H and O–H groups in total. The summed E-state index contributed by atoms with van der Waals surface area (Å²) in [4.78, 5) is 31.2. The van der Waals surface area contributed by atoms with Crippen LogP contribution < -0.4 is 14.4 Å². The number of benzene rings is 1. The Morgan fingerprint density at radius 3 is 2.78 bits per heavy atom. The van der Waals surface area contributed by atoms with Crippen LogP contribution in [-0.2, 0) is 11.3 Å². The van der Waals surface area contributed by atoms with Crippen molar-refractivity contribution in [3.8, 4) is 11.5 Å². The van der Waals surface area contributed by atoms with Crippen LogP contribution >= 0.6 is 11.3 Å². The van der Waals surface area contributed by atoms with E-state index in [-0.39, 0.29) is 17.7 Å². The molecule has 8 heteroatoms. The van der Waals surface area contributed by atoms with Crippen molar-refractivity contribution in [1.82, 2.24) is 4.90 Å². The second kappa shape index (κ2) is 9.08. The maximum Gasteiger partial charge on any atom is 0.257 e. The first-order chi connectivity index (χ1) is 15.7. The standard InChI is InChI=1S/C24H24N2O5S/c27-23(18-7-9-29-16-18)25-8-1-3-17(14-25)24(28)26(15-20-4-2-12-32-20)19-5-6-21-22(13-19)31-11-10-30-21/h2,4-7,9,12-13,16-17H,1,3,8,10-11,14-15H2. The van der Waals surface area contributed by atoms with Crippen molar-refractivity contribution >= 4 is 28.8 Å². The number of rotatable bonds is 5. The first-order valence-electron chi connectivity index (χ1n) is 10.7. The molecule has 0 bridgehead atoms. The van der Waals surface area contributed by atoms with Crippen LogP contribution in [0.15, 0.2) is 58.7 Å². The van der Waals surface area contributed by atoms with Crippen LogP contribution in [0.4, 0.5) is 5.69 Å². The number of thiophene rings is 1. The SMILES string of the molecule is O=C(c1ccoc1)N1CCCC(C(=O)N(Cc2cccs2)c2ccc3c(c2)OCCO3)C1. The quantitative estimate of drug-likeness (QED) is 0.580. The number of anilines is 1. The second-order valence-corrected chi connectivity index (χ2v) is 8.97. The van der Waals surface area contributed by atoms with E-state index in [1.807, 2.05) is 35.7 Å². The Morgan fingerprint density at radius 2 is 2.00 bits per heavy atom. The highest BCUT2D eigenvalue weighted by Gasteiger charge is 2.33. The fourth-order valence-electron chi connectivity index (χ4n) is 4.21. The molecule has 0 spiro atoms. The molecule has 2 aromatic heterocycles. The van der Waals surface area contributed by atoms with E-state index in [9.17, 15) is 9.59 Å². The highest BCUT2D eigenvalue weighted by Crippen LogP contribution is 2.36. The van der Waals surface area contributed by atoms with Crippen LogP contribution in [-0.4, -0.2) is 43.0 Å². The normalized spacial score (nSPS) is 17.8. The highest BCUT2D eigenvalue weighted by molar-refractivity contribution is 7.09. The zero-order valence-electron chi connectivity index (χ0n) is 17.6. The molecule has 166 valence electrons. The summed E-state index contributed by atoms with van der Waals surface area (Å²) in [6.07, 6.45) is 4.48. The lowest BCUT2D eigenvalue weighted by Gasteiger charge is -2.35. The van der Waals surface area contributed by atoms with Gasteiger partial charge in [0.15, 0.2) is 11.5 Å². The van der Waals surface area contributed by atoms with E-state index in [0.717, 1.165) is 23.4 Å². The van der Waals surface area contributed by atoms with Gasteiger partial charge in [-0.15, -0.1) is 11.3 Å². The summed E-state index contributed by atoms with van der Waals surface area (Å²) in [6, 6.07) is 11.3. The Balaban J connectivity index is 1.39. The maximum absolute atomic E-state index is 13.7. The van der Waals surface area contributed by atoms with Gasteiger partial charge in [-0.1, -0.05) is 6.07 Å². The fourth-order valence-corrected chi connectivity index (χ4v) is 4.90. The van der Waals surface area contributed by atoms with Gasteiger partial charge in [0.25, 0.3) is 5.91 Å². The average Bonchev–Trinajstić information content (AvgIpc) is 3.56. The Morgan fingerprint density at radius 1 is 1.12 bits per heavy atom. The minimum atomic E-state index is -0.271. The van der Waals surface area contributed by atoms with E-state index in [2.05, 4.69) is 0 Å². The number of hydrogen-bond donors (Lipinski definition) is 0. The molecule has 1 atom stereocenters. The molecule has 0 saturated carbocycles. The van der Waals surface area contributed by atoms with E-state index in [1.165, 1.54) is 12.5 Å². The number of piperidine rings is 1. The lowest BCUT2D eigenvalue weighted by Crippen LogP contribution is -2.46. The molecule has 2 aliphatic heterocycles. The van der Waals surface area contributed by atoms with Gasteiger partial charge in [0.2, 0.25) is 5.91 Å². The third kappa shape index (κ3) is 4.23. The van der Waals surface area contributed by atoms with Gasteiger partial charge in [-0.3, -0.25) is 9.59 Å². The van der Waals surface area contributed by atoms with E-state index in [0.29, 0.717) is 49.9 Å². The average molecular weight is 453 g/mol. The van der Waals surface area contributed by atoms with Crippen molar-refractivity contribution in [1.29, 1.82) is 0 Å². The highest BCUT2D eigenvalue weighted by atomic mass is 32.1. The fraction of sp³-hybridized carbons (Fsp3) is 0.333. The number of carbonyl (C=O) groups excluding carboxylic acids is 2. The Kier molecular flexibility index (Phi) is 5.85. The number of amides is 2. The smallest absolute Gasteiger partial charge is 0.257 e. The van der Waals surface area contributed by atoms with Gasteiger partial charge in [0.1, 0.15) is 19.5 Å². The molecule has 2 amide bonds. The molecule has 7 nitrogen and oxygen atoms in total. The Hall–Kier alpha value is -3.26. The van der Waals surface area contributed by atoms with Gasteiger partial charge < -0.3 is 23.7 Å². The lowest BCUT2D eigenvalue weighted by molar-refractivity contribution is -0.123. The van der Waals surface area contributed by atoms with Crippen LogP contribution in [0.2, 0.25) is 0 Å². The first kappa shape index (κ1) is 20.6. The third-order valence-corrected chi connectivity index (χ3v) is 6.68. The van der Waals surface area contributed by atoms with Gasteiger partial charge in [-0.2, -0.15) is 0 Å². The van der Waals surface area contributed by atoms with Crippen molar-refractivity contribution in [2.75, 3.05) is 31.2 Å². The van der Waals surface area contributed by atoms with Crippen molar-refractivity contribution in [3.63, 3.8) is 0 Å². The van der Waals surface area contributed by atoms with Gasteiger partial charge in [-0.05, 0) is 42.5 Å². The predicted octanol–water partition coefficient (Wildman–Crippen LogP) is 4.20. The number of nitrogens with zero attached hydrogens (tertiary/aromatic N) is 2. The molecule has 3 aromatic rings. The van der Waals surface area contributed by atoms with Crippen LogP contribution in [0, 0.1) is 5.92 Å². The van der Waals surface area contributed by atoms with Gasteiger partial charge in [0.05, 0.1) is 24.3 Å². The summed E-state index contributed by atoms with van der Waals surface area (Å²) >= 11 is 1.62. The molecule has 1 unspecified atom stereocenters. The van der Waals surface area contributed by atoms with E-state index >= 15 is 0 Å². The summed E-state index contributed by atoms with van der Waals surface area (Å²) in [6.45, 7) is 2.52. The topological polar surface area (TPSA) is 72.2 Å². The molecule has 4 heterocycles. The Labute approximate surface area is 190 Å². The minimum absolute atomic E-state index is 0.0137. The lowest BCUT2D eigenvalue weighted by atomic mass is 9.95. The first-order valence-corrected chi connectivity index (χ1v) is 11.6. The molecule has 1 saturated heterocycles.